The van der Waals surface area contributed by atoms with Gasteiger partial charge in [0.05, 0.1) is 12.7 Å². The first-order valence-corrected chi connectivity index (χ1v) is 7.02. The van der Waals surface area contributed by atoms with E-state index in [1.165, 1.54) is 11.1 Å². The number of ether oxygens (including phenoxy) is 1. The molecule has 2 aromatic rings. The van der Waals surface area contributed by atoms with Crippen molar-refractivity contribution in [3.63, 3.8) is 0 Å². The van der Waals surface area contributed by atoms with Gasteiger partial charge in [0, 0.05) is 6.42 Å². The van der Waals surface area contributed by atoms with Crippen LogP contribution in [0.4, 0.5) is 0 Å². The van der Waals surface area contributed by atoms with Crippen molar-refractivity contribution in [2.45, 2.75) is 33.3 Å². The van der Waals surface area contributed by atoms with E-state index in [1.807, 2.05) is 30.3 Å². The van der Waals surface area contributed by atoms with Crippen molar-refractivity contribution in [1.29, 1.82) is 0 Å². The van der Waals surface area contributed by atoms with Crippen LogP contribution in [-0.2, 0) is 0 Å². The van der Waals surface area contributed by atoms with Gasteiger partial charge >= 0.3 is 0 Å². The van der Waals surface area contributed by atoms with Crippen molar-refractivity contribution >= 4 is 0 Å². The number of benzene rings is 2. The van der Waals surface area contributed by atoms with Crippen LogP contribution in [0.3, 0.4) is 0 Å². The van der Waals surface area contributed by atoms with E-state index in [0.717, 1.165) is 16.9 Å². The molecule has 2 nitrogen and oxygen atoms in total. The molecule has 1 atom stereocenters. The normalized spacial score (nSPS) is 12.2. The molecule has 0 saturated heterocycles. The molecular formula is C18H22O2. The molecule has 0 fully saturated rings. The highest BCUT2D eigenvalue weighted by molar-refractivity contribution is 5.44. The third-order valence-corrected chi connectivity index (χ3v) is 3.70. The van der Waals surface area contributed by atoms with Gasteiger partial charge in [0.1, 0.15) is 5.75 Å². The van der Waals surface area contributed by atoms with E-state index in [4.69, 9.17) is 4.74 Å². The molecule has 0 spiro atoms. The predicted octanol–water partition coefficient (Wildman–Crippen LogP) is 4.11. The Morgan fingerprint density at radius 3 is 2.30 bits per heavy atom. The summed E-state index contributed by atoms with van der Waals surface area (Å²) in [4.78, 5) is 0. The van der Waals surface area contributed by atoms with Crippen LogP contribution in [0.25, 0.3) is 0 Å². The minimum atomic E-state index is -0.471. The van der Waals surface area contributed by atoms with E-state index < -0.39 is 6.10 Å². The summed E-state index contributed by atoms with van der Waals surface area (Å²) in [5.74, 6) is 0.949. The molecule has 106 valence electrons. The number of hydrogen-bond donors (Lipinski definition) is 1. The van der Waals surface area contributed by atoms with E-state index in [2.05, 4.69) is 32.9 Å². The highest BCUT2D eigenvalue weighted by Gasteiger charge is 2.09. The average Bonchev–Trinajstić information content (AvgIpc) is 2.47. The maximum absolute atomic E-state index is 10.1. The molecule has 0 saturated carbocycles. The first-order chi connectivity index (χ1) is 9.59. The van der Waals surface area contributed by atoms with E-state index in [-0.39, 0.29) is 0 Å². The van der Waals surface area contributed by atoms with Crippen LogP contribution >= 0.6 is 0 Å². The minimum Gasteiger partial charge on any atom is -0.493 e. The van der Waals surface area contributed by atoms with Crippen LogP contribution in [0.15, 0.2) is 42.5 Å². The van der Waals surface area contributed by atoms with Crippen molar-refractivity contribution in [3.8, 4) is 5.75 Å². The number of hydrogen-bond acceptors (Lipinski definition) is 2. The van der Waals surface area contributed by atoms with E-state index in [9.17, 15) is 5.11 Å². The largest absolute Gasteiger partial charge is 0.493 e. The lowest BCUT2D eigenvalue weighted by atomic mass is 10.1. The molecule has 0 aliphatic heterocycles. The lowest BCUT2D eigenvalue weighted by Crippen LogP contribution is -2.07. The Kier molecular flexibility index (Phi) is 4.80. The van der Waals surface area contributed by atoms with Crippen LogP contribution in [-0.4, -0.2) is 11.7 Å². The van der Waals surface area contributed by atoms with Crippen molar-refractivity contribution < 1.29 is 9.84 Å². The van der Waals surface area contributed by atoms with Crippen LogP contribution in [0, 0.1) is 20.8 Å². The van der Waals surface area contributed by atoms with Crippen LogP contribution in [0.2, 0.25) is 0 Å². The lowest BCUT2D eigenvalue weighted by Gasteiger charge is -2.16. The molecule has 1 unspecified atom stereocenters. The van der Waals surface area contributed by atoms with Gasteiger partial charge in [-0.15, -0.1) is 0 Å². The Balaban J connectivity index is 1.95. The average molecular weight is 270 g/mol. The Hall–Kier alpha value is -1.80. The highest BCUT2D eigenvalue weighted by atomic mass is 16.5. The molecule has 2 aromatic carbocycles. The number of aliphatic hydroxyl groups excluding tert-OH is 1. The second kappa shape index (κ2) is 6.58. The summed E-state index contributed by atoms with van der Waals surface area (Å²) >= 11 is 0. The summed E-state index contributed by atoms with van der Waals surface area (Å²) in [6, 6.07) is 13.9. The summed E-state index contributed by atoms with van der Waals surface area (Å²) in [6.45, 7) is 6.72. The molecule has 0 radical (unpaired) electrons. The number of aliphatic hydroxyl groups is 1. The van der Waals surface area contributed by atoms with E-state index in [1.54, 1.807) is 0 Å². The van der Waals surface area contributed by atoms with Gasteiger partial charge in [-0.25, -0.2) is 0 Å². The fourth-order valence-electron chi connectivity index (χ4n) is 2.26. The van der Waals surface area contributed by atoms with Gasteiger partial charge in [-0.2, -0.15) is 0 Å². The van der Waals surface area contributed by atoms with Gasteiger partial charge in [-0.1, -0.05) is 42.5 Å². The SMILES string of the molecule is Cc1ccc(C)c(OCCC(O)c2ccccc2)c1C. The molecule has 0 amide bonds. The van der Waals surface area contributed by atoms with Gasteiger partial charge in [0.2, 0.25) is 0 Å². The zero-order valence-corrected chi connectivity index (χ0v) is 12.4. The predicted molar refractivity (Wildman–Crippen MR) is 82.2 cm³/mol. The van der Waals surface area contributed by atoms with Crippen molar-refractivity contribution in [2.75, 3.05) is 6.61 Å². The van der Waals surface area contributed by atoms with Gasteiger partial charge in [0.15, 0.2) is 0 Å². The Morgan fingerprint density at radius 2 is 1.60 bits per heavy atom. The van der Waals surface area contributed by atoms with Crippen molar-refractivity contribution in [2.24, 2.45) is 0 Å². The fourth-order valence-corrected chi connectivity index (χ4v) is 2.26. The number of rotatable bonds is 5. The molecule has 0 heterocycles. The standard InChI is InChI=1S/C18H22O2/c1-13-9-10-14(2)18(15(13)3)20-12-11-17(19)16-7-5-4-6-8-16/h4-10,17,19H,11-12H2,1-3H3. The summed E-state index contributed by atoms with van der Waals surface area (Å²) in [5.41, 5.74) is 4.49. The van der Waals surface area contributed by atoms with Crippen LogP contribution in [0.1, 0.15) is 34.8 Å². The summed E-state index contributed by atoms with van der Waals surface area (Å²) < 4.78 is 5.88. The zero-order chi connectivity index (χ0) is 14.5. The Morgan fingerprint density at radius 1 is 0.950 bits per heavy atom. The van der Waals surface area contributed by atoms with E-state index >= 15 is 0 Å². The van der Waals surface area contributed by atoms with Crippen molar-refractivity contribution in [3.05, 3.63) is 64.7 Å². The van der Waals surface area contributed by atoms with Gasteiger partial charge in [0.25, 0.3) is 0 Å². The van der Waals surface area contributed by atoms with Gasteiger partial charge in [-0.05, 0) is 43.0 Å². The Bertz CT molecular complexity index is 561. The summed E-state index contributed by atoms with van der Waals surface area (Å²) in [6.07, 6.45) is 0.123. The quantitative estimate of drug-likeness (QED) is 0.885. The number of aryl methyl sites for hydroxylation is 2. The molecule has 20 heavy (non-hydrogen) atoms. The monoisotopic (exact) mass is 270 g/mol. The molecule has 0 aromatic heterocycles. The molecule has 0 aliphatic rings. The second-order valence-electron chi connectivity index (χ2n) is 5.22. The molecule has 1 N–H and O–H groups in total. The summed E-state index contributed by atoms with van der Waals surface area (Å²) in [5, 5.41) is 10.1. The third kappa shape index (κ3) is 3.40. The van der Waals surface area contributed by atoms with Gasteiger partial charge in [-0.3, -0.25) is 0 Å². The third-order valence-electron chi connectivity index (χ3n) is 3.70. The first kappa shape index (κ1) is 14.6. The zero-order valence-electron chi connectivity index (χ0n) is 12.4. The minimum absolute atomic E-state index is 0.471. The Labute approximate surface area is 121 Å². The molecule has 2 heteroatoms. The maximum Gasteiger partial charge on any atom is 0.125 e. The molecular weight excluding hydrogens is 248 g/mol. The molecule has 0 aliphatic carbocycles. The topological polar surface area (TPSA) is 29.5 Å². The summed E-state index contributed by atoms with van der Waals surface area (Å²) in [7, 11) is 0. The molecule has 0 bridgehead atoms. The van der Waals surface area contributed by atoms with Crippen LogP contribution in [0.5, 0.6) is 5.75 Å². The smallest absolute Gasteiger partial charge is 0.125 e. The van der Waals surface area contributed by atoms with Crippen LogP contribution < -0.4 is 4.74 Å². The van der Waals surface area contributed by atoms with Gasteiger partial charge < -0.3 is 9.84 Å². The van der Waals surface area contributed by atoms with E-state index in [0.29, 0.717) is 13.0 Å². The lowest BCUT2D eigenvalue weighted by molar-refractivity contribution is 0.140. The maximum atomic E-state index is 10.1. The fraction of sp³-hybridized carbons (Fsp3) is 0.333. The molecule has 2 rings (SSSR count). The highest BCUT2D eigenvalue weighted by Crippen LogP contribution is 2.26. The van der Waals surface area contributed by atoms with Crippen molar-refractivity contribution in [1.82, 2.24) is 0 Å². The first-order valence-electron chi connectivity index (χ1n) is 7.02. The second-order valence-corrected chi connectivity index (χ2v) is 5.22.